The third-order valence-electron chi connectivity index (χ3n) is 3.31. The van der Waals surface area contributed by atoms with Crippen molar-refractivity contribution in [1.29, 1.82) is 0 Å². The lowest BCUT2D eigenvalue weighted by atomic mass is 10.2. The number of rotatable bonds is 0. The van der Waals surface area contributed by atoms with Crippen molar-refractivity contribution in [3.63, 3.8) is 0 Å². The maximum atomic E-state index is 5.37. The Kier molecular flexibility index (Phi) is 3.75. The summed E-state index contributed by atoms with van der Waals surface area (Å²) < 4.78 is 0. The van der Waals surface area contributed by atoms with Crippen molar-refractivity contribution in [3.05, 3.63) is 0 Å². The maximum Gasteiger partial charge on any atom is 0.0256 e. The van der Waals surface area contributed by atoms with E-state index >= 15 is 0 Å². The molecule has 3 rings (SSSR count). The quantitative estimate of drug-likeness (QED) is 0.550. The number of fused-ring (bicyclic) bond motifs is 1. The van der Waals surface area contributed by atoms with Gasteiger partial charge in [0.05, 0.1) is 0 Å². The van der Waals surface area contributed by atoms with Crippen molar-refractivity contribution in [3.8, 4) is 0 Å². The van der Waals surface area contributed by atoms with Crippen LogP contribution in [0.25, 0.3) is 0 Å². The van der Waals surface area contributed by atoms with E-state index in [4.69, 9.17) is 5.84 Å². The minimum atomic E-state index is 0.898. The summed E-state index contributed by atoms with van der Waals surface area (Å²) >= 11 is 0. The number of hydrazine groups is 2. The average Bonchev–Trinajstić information content (AvgIpc) is 2.77. The number of nitrogens with two attached hydrogens (primary N) is 1. The highest BCUT2D eigenvalue weighted by Gasteiger charge is 2.27. The molecule has 1 atom stereocenters. The van der Waals surface area contributed by atoms with Gasteiger partial charge in [-0.15, -0.1) is 0 Å². The van der Waals surface area contributed by atoms with Crippen molar-refractivity contribution in [2.75, 3.05) is 26.2 Å². The van der Waals surface area contributed by atoms with Crippen LogP contribution in [0.5, 0.6) is 0 Å². The van der Waals surface area contributed by atoms with Crippen molar-refractivity contribution in [1.82, 2.24) is 15.4 Å². The molecule has 14 heavy (non-hydrogen) atoms. The van der Waals surface area contributed by atoms with Crippen LogP contribution in [0.15, 0.2) is 0 Å². The molecule has 4 nitrogen and oxygen atoms in total. The Labute approximate surface area is 86.4 Å². The lowest BCUT2D eigenvalue weighted by Crippen LogP contribution is -2.31. The molecule has 0 amide bonds. The largest absolute Gasteiger partial charge is 0.269 e. The van der Waals surface area contributed by atoms with E-state index in [2.05, 4.69) is 10.4 Å². The number of hydrogen-bond donors (Lipinski definition) is 2. The molecule has 0 aliphatic carbocycles. The van der Waals surface area contributed by atoms with Gasteiger partial charge in [0.1, 0.15) is 0 Å². The molecule has 0 radical (unpaired) electrons. The van der Waals surface area contributed by atoms with Gasteiger partial charge in [-0.05, 0) is 32.1 Å². The van der Waals surface area contributed by atoms with Gasteiger partial charge >= 0.3 is 0 Å². The first-order chi connectivity index (χ1) is 6.86. The first-order valence-electron chi connectivity index (χ1n) is 5.86. The van der Waals surface area contributed by atoms with Gasteiger partial charge in [-0.2, -0.15) is 0 Å². The molecule has 0 aromatic heterocycles. The fourth-order valence-corrected chi connectivity index (χ4v) is 2.46. The Hall–Kier alpha value is -0.160. The van der Waals surface area contributed by atoms with Crippen LogP contribution in [0, 0.1) is 0 Å². The highest BCUT2D eigenvalue weighted by molar-refractivity contribution is 4.81. The van der Waals surface area contributed by atoms with E-state index in [0.717, 1.165) is 19.1 Å². The van der Waals surface area contributed by atoms with Crippen molar-refractivity contribution in [2.45, 2.75) is 38.1 Å². The summed E-state index contributed by atoms with van der Waals surface area (Å²) in [6.07, 6.45) is 6.78. The third kappa shape index (κ3) is 2.67. The SMILES string of the molecule is C1CC2CCNN2C1.NN1CCCC1. The van der Waals surface area contributed by atoms with E-state index < -0.39 is 0 Å². The molecular weight excluding hydrogens is 176 g/mol. The van der Waals surface area contributed by atoms with Crippen LogP contribution in [0.4, 0.5) is 0 Å². The molecule has 3 saturated heterocycles. The predicted molar refractivity (Wildman–Crippen MR) is 57.3 cm³/mol. The highest BCUT2D eigenvalue weighted by Crippen LogP contribution is 2.20. The summed E-state index contributed by atoms with van der Waals surface area (Å²) in [7, 11) is 0. The number of hydrogen-bond acceptors (Lipinski definition) is 4. The van der Waals surface area contributed by atoms with E-state index in [-0.39, 0.29) is 0 Å². The molecule has 3 aliphatic rings. The van der Waals surface area contributed by atoms with Gasteiger partial charge in [0.15, 0.2) is 0 Å². The molecule has 3 N–H and O–H groups in total. The van der Waals surface area contributed by atoms with Crippen LogP contribution >= 0.6 is 0 Å². The van der Waals surface area contributed by atoms with Crippen LogP contribution in [0.3, 0.4) is 0 Å². The summed E-state index contributed by atoms with van der Waals surface area (Å²) in [5.74, 6) is 5.37. The standard InChI is InChI=1S/C6H12N2.C4H10N2/c1-2-6-3-4-7-8(6)5-1;5-6-3-1-2-4-6/h6-7H,1-5H2;1-5H2. The fourth-order valence-electron chi connectivity index (χ4n) is 2.46. The molecule has 0 aromatic rings. The lowest BCUT2D eigenvalue weighted by molar-refractivity contribution is 0.243. The molecule has 3 heterocycles. The third-order valence-corrected chi connectivity index (χ3v) is 3.31. The summed E-state index contributed by atoms with van der Waals surface area (Å²) in [6, 6.07) is 0.898. The Bertz CT molecular complexity index is 148. The van der Waals surface area contributed by atoms with Crippen LogP contribution in [-0.2, 0) is 0 Å². The summed E-state index contributed by atoms with van der Waals surface area (Å²) in [4.78, 5) is 0. The van der Waals surface area contributed by atoms with Gasteiger partial charge in [-0.25, -0.2) is 10.0 Å². The molecular formula is C10H22N4. The highest BCUT2D eigenvalue weighted by atomic mass is 15.5. The average molecular weight is 198 g/mol. The Morgan fingerprint density at radius 3 is 2.36 bits per heavy atom. The first kappa shape index (κ1) is 10.4. The summed E-state index contributed by atoms with van der Waals surface area (Å²) in [5.41, 5.74) is 3.35. The molecule has 3 aliphatic heterocycles. The monoisotopic (exact) mass is 198 g/mol. The lowest BCUT2D eigenvalue weighted by Gasteiger charge is -2.12. The van der Waals surface area contributed by atoms with Crippen molar-refractivity contribution >= 4 is 0 Å². The van der Waals surface area contributed by atoms with Gasteiger partial charge in [-0.1, -0.05) is 0 Å². The summed E-state index contributed by atoms with van der Waals surface area (Å²) in [6.45, 7) is 4.69. The molecule has 0 aromatic carbocycles. The van der Waals surface area contributed by atoms with Crippen LogP contribution < -0.4 is 11.3 Å². The maximum absolute atomic E-state index is 5.37. The van der Waals surface area contributed by atoms with Gasteiger partial charge in [0.25, 0.3) is 0 Å². The van der Waals surface area contributed by atoms with E-state index in [1.54, 1.807) is 0 Å². The van der Waals surface area contributed by atoms with E-state index in [9.17, 15) is 0 Å². The fraction of sp³-hybridized carbons (Fsp3) is 1.00. The normalized spacial score (nSPS) is 32.8. The zero-order chi connectivity index (χ0) is 9.80. The van der Waals surface area contributed by atoms with Gasteiger partial charge in [0.2, 0.25) is 0 Å². The van der Waals surface area contributed by atoms with Gasteiger partial charge in [-0.3, -0.25) is 11.3 Å². The zero-order valence-corrected chi connectivity index (χ0v) is 8.91. The molecule has 3 fully saturated rings. The molecule has 1 unspecified atom stereocenters. The minimum absolute atomic E-state index is 0.898. The number of nitrogens with one attached hydrogen (secondary N) is 1. The second kappa shape index (κ2) is 5.07. The molecule has 0 spiro atoms. The van der Waals surface area contributed by atoms with Crippen LogP contribution in [0.2, 0.25) is 0 Å². The van der Waals surface area contributed by atoms with Gasteiger partial charge < -0.3 is 0 Å². The minimum Gasteiger partial charge on any atom is -0.269 e. The second-order valence-corrected chi connectivity index (χ2v) is 4.43. The molecule has 4 heteroatoms. The number of nitrogens with zero attached hydrogens (tertiary/aromatic N) is 2. The van der Waals surface area contributed by atoms with E-state index in [1.807, 2.05) is 5.01 Å². The summed E-state index contributed by atoms with van der Waals surface area (Å²) in [5, 5.41) is 4.25. The zero-order valence-electron chi connectivity index (χ0n) is 8.91. The van der Waals surface area contributed by atoms with E-state index in [0.29, 0.717) is 0 Å². The predicted octanol–water partition coefficient (Wildman–Crippen LogP) is 0.315. The van der Waals surface area contributed by atoms with Gasteiger partial charge in [0, 0.05) is 32.2 Å². The Balaban J connectivity index is 0.000000112. The van der Waals surface area contributed by atoms with Crippen molar-refractivity contribution < 1.29 is 0 Å². The molecule has 82 valence electrons. The Morgan fingerprint density at radius 1 is 1.00 bits per heavy atom. The topological polar surface area (TPSA) is 44.5 Å². The molecule has 0 bridgehead atoms. The Morgan fingerprint density at radius 2 is 1.79 bits per heavy atom. The smallest absolute Gasteiger partial charge is 0.0256 e. The van der Waals surface area contributed by atoms with E-state index in [1.165, 1.54) is 45.2 Å². The first-order valence-corrected chi connectivity index (χ1v) is 5.86. The van der Waals surface area contributed by atoms with Crippen LogP contribution in [-0.4, -0.2) is 42.2 Å². The van der Waals surface area contributed by atoms with Crippen LogP contribution in [0.1, 0.15) is 32.1 Å². The van der Waals surface area contributed by atoms with Crippen molar-refractivity contribution in [2.24, 2.45) is 5.84 Å². The second-order valence-electron chi connectivity index (χ2n) is 4.43. The molecule has 0 saturated carbocycles.